The molecule has 0 aliphatic rings. The van der Waals surface area contributed by atoms with Crippen LogP contribution >= 0.6 is 0 Å². The summed E-state index contributed by atoms with van der Waals surface area (Å²) in [5, 5.41) is 3.04. The summed E-state index contributed by atoms with van der Waals surface area (Å²) >= 11 is 0. The van der Waals surface area contributed by atoms with E-state index in [1.54, 1.807) is 0 Å². The maximum Gasteiger partial charge on any atom is 0.224 e. The van der Waals surface area contributed by atoms with Gasteiger partial charge in [-0.3, -0.25) is 4.79 Å². The molecule has 0 aromatic heterocycles. The van der Waals surface area contributed by atoms with E-state index in [2.05, 4.69) is 19.2 Å². The Kier molecular flexibility index (Phi) is 7.23. The lowest BCUT2D eigenvalue weighted by molar-refractivity contribution is -0.125. The van der Waals surface area contributed by atoms with Crippen LogP contribution in [0, 0.1) is 11.8 Å². The van der Waals surface area contributed by atoms with Gasteiger partial charge >= 0.3 is 0 Å². The molecule has 0 fully saturated rings. The van der Waals surface area contributed by atoms with Crippen LogP contribution in [-0.2, 0) is 4.79 Å². The van der Waals surface area contributed by atoms with Crippen molar-refractivity contribution in [3.63, 3.8) is 0 Å². The molecule has 0 bridgehead atoms. The average Bonchev–Trinajstić information content (AvgIpc) is 2.45. The number of carbonyl (C=O) groups is 1. The Labute approximate surface area is 128 Å². The number of hydrogen-bond acceptors (Lipinski definition) is 3. The second kappa shape index (κ2) is 8.67. The van der Waals surface area contributed by atoms with Gasteiger partial charge in [0.1, 0.15) is 5.75 Å². The molecule has 0 heterocycles. The third kappa shape index (κ3) is 5.76. The molecule has 0 spiro atoms. The van der Waals surface area contributed by atoms with Crippen LogP contribution < -0.4 is 15.8 Å². The summed E-state index contributed by atoms with van der Waals surface area (Å²) in [7, 11) is 0. The predicted octanol–water partition coefficient (Wildman–Crippen LogP) is 2.88. The van der Waals surface area contributed by atoms with Crippen LogP contribution in [0.15, 0.2) is 24.3 Å². The highest BCUT2D eigenvalue weighted by Crippen LogP contribution is 2.19. The minimum atomic E-state index is -0.116. The Hall–Kier alpha value is -1.55. The molecule has 0 aliphatic carbocycles. The van der Waals surface area contributed by atoms with Crippen LogP contribution in [0.3, 0.4) is 0 Å². The fourth-order valence-corrected chi connectivity index (χ4v) is 2.31. The van der Waals surface area contributed by atoms with Gasteiger partial charge in [-0.05, 0) is 43.9 Å². The van der Waals surface area contributed by atoms with Gasteiger partial charge in [0.05, 0.1) is 18.6 Å². The number of nitrogens with two attached hydrogens (primary N) is 1. The van der Waals surface area contributed by atoms with Crippen molar-refractivity contribution in [2.75, 3.05) is 13.2 Å². The van der Waals surface area contributed by atoms with Crippen molar-refractivity contribution in [1.82, 2.24) is 5.32 Å². The summed E-state index contributed by atoms with van der Waals surface area (Å²) in [4.78, 5) is 12.2. The number of hydrogen-bond donors (Lipinski definition) is 2. The second-order valence-electron chi connectivity index (χ2n) is 5.79. The van der Waals surface area contributed by atoms with E-state index in [0.29, 0.717) is 19.1 Å². The van der Waals surface area contributed by atoms with Crippen molar-refractivity contribution in [3.05, 3.63) is 29.8 Å². The Balaban J connectivity index is 2.62. The predicted molar refractivity (Wildman–Crippen MR) is 86.2 cm³/mol. The van der Waals surface area contributed by atoms with Crippen LogP contribution in [-0.4, -0.2) is 19.1 Å². The highest BCUT2D eigenvalue weighted by molar-refractivity contribution is 5.79. The van der Waals surface area contributed by atoms with Gasteiger partial charge in [-0.25, -0.2) is 0 Å². The standard InChI is InChI=1S/C17H28N2O2/c1-5-21-16-8-6-14(7-9-16)13(4)19-17(20)15(11-18)10-12(2)3/h6-9,12-13,15H,5,10-11,18H2,1-4H3,(H,19,20). The molecule has 3 N–H and O–H groups in total. The van der Waals surface area contributed by atoms with Gasteiger partial charge in [0.15, 0.2) is 0 Å². The van der Waals surface area contributed by atoms with E-state index in [4.69, 9.17) is 10.5 Å². The first-order chi connectivity index (χ1) is 9.97. The Morgan fingerprint density at radius 2 is 1.86 bits per heavy atom. The first-order valence-electron chi connectivity index (χ1n) is 7.71. The fraction of sp³-hybridized carbons (Fsp3) is 0.588. The number of rotatable bonds is 8. The zero-order chi connectivity index (χ0) is 15.8. The highest BCUT2D eigenvalue weighted by atomic mass is 16.5. The Bertz CT molecular complexity index is 429. The van der Waals surface area contributed by atoms with Gasteiger partial charge in [0.2, 0.25) is 5.91 Å². The summed E-state index contributed by atoms with van der Waals surface area (Å²) < 4.78 is 5.42. The minimum Gasteiger partial charge on any atom is -0.494 e. The summed E-state index contributed by atoms with van der Waals surface area (Å²) in [5.74, 6) is 1.23. The van der Waals surface area contributed by atoms with Crippen LogP contribution in [0.4, 0.5) is 0 Å². The van der Waals surface area contributed by atoms with Crippen LogP contribution in [0.2, 0.25) is 0 Å². The zero-order valence-corrected chi connectivity index (χ0v) is 13.6. The monoisotopic (exact) mass is 292 g/mol. The van der Waals surface area contributed by atoms with Crippen molar-refractivity contribution in [2.24, 2.45) is 17.6 Å². The van der Waals surface area contributed by atoms with E-state index in [1.807, 2.05) is 38.1 Å². The molecule has 0 aliphatic heterocycles. The molecule has 2 atom stereocenters. The number of amides is 1. The SMILES string of the molecule is CCOc1ccc(C(C)NC(=O)C(CN)CC(C)C)cc1. The van der Waals surface area contributed by atoms with Crippen molar-refractivity contribution >= 4 is 5.91 Å². The maximum atomic E-state index is 12.2. The molecular formula is C17H28N2O2. The summed E-state index contributed by atoms with van der Waals surface area (Å²) in [6.07, 6.45) is 0.818. The van der Waals surface area contributed by atoms with Gasteiger partial charge < -0.3 is 15.8 Å². The van der Waals surface area contributed by atoms with Crippen LogP contribution in [0.25, 0.3) is 0 Å². The summed E-state index contributed by atoms with van der Waals surface area (Å²) in [6.45, 7) is 9.19. The highest BCUT2D eigenvalue weighted by Gasteiger charge is 2.20. The second-order valence-corrected chi connectivity index (χ2v) is 5.79. The normalized spacial score (nSPS) is 13.8. The number of benzene rings is 1. The smallest absolute Gasteiger partial charge is 0.224 e. The largest absolute Gasteiger partial charge is 0.494 e. The number of ether oxygens (including phenoxy) is 1. The number of nitrogens with one attached hydrogen (secondary N) is 1. The topological polar surface area (TPSA) is 64.3 Å². The van der Waals surface area contributed by atoms with E-state index < -0.39 is 0 Å². The molecular weight excluding hydrogens is 264 g/mol. The third-order valence-electron chi connectivity index (χ3n) is 3.46. The van der Waals surface area contributed by atoms with Gasteiger partial charge in [-0.2, -0.15) is 0 Å². The Morgan fingerprint density at radius 1 is 1.24 bits per heavy atom. The first kappa shape index (κ1) is 17.5. The van der Waals surface area contributed by atoms with Crippen LogP contribution in [0.5, 0.6) is 5.75 Å². The van der Waals surface area contributed by atoms with Gasteiger partial charge in [0, 0.05) is 6.54 Å². The fourth-order valence-electron chi connectivity index (χ4n) is 2.31. The lowest BCUT2D eigenvalue weighted by Crippen LogP contribution is -2.37. The van der Waals surface area contributed by atoms with Crippen molar-refractivity contribution in [1.29, 1.82) is 0 Å². The molecule has 4 nitrogen and oxygen atoms in total. The molecule has 21 heavy (non-hydrogen) atoms. The first-order valence-corrected chi connectivity index (χ1v) is 7.71. The van der Waals surface area contributed by atoms with Crippen LogP contribution in [0.1, 0.15) is 45.7 Å². The maximum absolute atomic E-state index is 12.2. The zero-order valence-electron chi connectivity index (χ0n) is 13.6. The van der Waals surface area contributed by atoms with E-state index in [1.165, 1.54) is 0 Å². The Morgan fingerprint density at radius 3 is 2.33 bits per heavy atom. The molecule has 2 unspecified atom stereocenters. The molecule has 0 saturated carbocycles. The summed E-state index contributed by atoms with van der Waals surface area (Å²) in [5.41, 5.74) is 6.77. The van der Waals surface area contributed by atoms with Gasteiger partial charge in [0.25, 0.3) is 0 Å². The molecule has 1 aromatic carbocycles. The van der Waals surface area contributed by atoms with Gasteiger partial charge in [-0.1, -0.05) is 26.0 Å². The van der Waals surface area contributed by atoms with Gasteiger partial charge in [-0.15, -0.1) is 0 Å². The molecule has 1 rings (SSSR count). The lowest BCUT2D eigenvalue weighted by atomic mass is 9.96. The molecule has 1 aromatic rings. The number of carbonyl (C=O) groups excluding carboxylic acids is 1. The van der Waals surface area contributed by atoms with Crippen molar-refractivity contribution < 1.29 is 9.53 Å². The molecule has 4 heteroatoms. The van der Waals surface area contributed by atoms with E-state index in [-0.39, 0.29) is 17.9 Å². The van der Waals surface area contributed by atoms with E-state index in [9.17, 15) is 4.79 Å². The molecule has 118 valence electrons. The third-order valence-corrected chi connectivity index (χ3v) is 3.46. The lowest BCUT2D eigenvalue weighted by Gasteiger charge is -2.21. The molecule has 0 saturated heterocycles. The quantitative estimate of drug-likeness (QED) is 0.774. The van der Waals surface area contributed by atoms with E-state index in [0.717, 1.165) is 17.7 Å². The molecule has 1 amide bonds. The van der Waals surface area contributed by atoms with E-state index >= 15 is 0 Å². The minimum absolute atomic E-state index is 0.0330. The van der Waals surface area contributed by atoms with Crippen molar-refractivity contribution in [2.45, 2.75) is 40.2 Å². The average molecular weight is 292 g/mol. The molecule has 0 radical (unpaired) electrons. The summed E-state index contributed by atoms with van der Waals surface area (Å²) in [6, 6.07) is 7.78. The van der Waals surface area contributed by atoms with Crippen molar-refractivity contribution in [3.8, 4) is 5.75 Å².